The molecule has 88 valence electrons. The third kappa shape index (κ3) is 2.53. The molecule has 1 heterocycles. The smallest absolute Gasteiger partial charge is 0.0705 e. The summed E-state index contributed by atoms with van der Waals surface area (Å²) in [5.74, 6) is 0. The molecule has 0 spiro atoms. The standard InChI is InChI=1S/C15H18N2/c1-3-11(2)10-14(16)12-6-4-8-15-13(12)7-5-9-17-15/h4-9,14H,2-3,10,16H2,1H3. The van der Waals surface area contributed by atoms with Crippen molar-refractivity contribution in [2.45, 2.75) is 25.8 Å². The van der Waals surface area contributed by atoms with Crippen molar-refractivity contribution in [1.29, 1.82) is 0 Å². The summed E-state index contributed by atoms with van der Waals surface area (Å²) >= 11 is 0. The van der Waals surface area contributed by atoms with E-state index in [1.807, 2.05) is 24.4 Å². The van der Waals surface area contributed by atoms with Gasteiger partial charge in [0.25, 0.3) is 0 Å². The monoisotopic (exact) mass is 226 g/mol. The lowest BCUT2D eigenvalue weighted by Crippen LogP contribution is -2.11. The van der Waals surface area contributed by atoms with E-state index in [4.69, 9.17) is 5.73 Å². The highest BCUT2D eigenvalue weighted by Gasteiger charge is 2.10. The van der Waals surface area contributed by atoms with Crippen molar-refractivity contribution in [3.8, 4) is 0 Å². The number of hydrogen-bond acceptors (Lipinski definition) is 2. The summed E-state index contributed by atoms with van der Waals surface area (Å²) in [7, 11) is 0. The van der Waals surface area contributed by atoms with Gasteiger partial charge in [0.2, 0.25) is 0 Å². The van der Waals surface area contributed by atoms with Crippen molar-refractivity contribution in [2.75, 3.05) is 0 Å². The van der Waals surface area contributed by atoms with E-state index in [2.05, 4.69) is 30.6 Å². The molecular weight excluding hydrogens is 208 g/mol. The summed E-state index contributed by atoms with van der Waals surface area (Å²) in [6.07, 6.45) is 3.63. The molecule has 2 N–H and O–H groups in total. The Kier molecular flexibility index (Phi) is 3.55. The van der Waals surface area contributed by atoms with Gasteiger partial charge in [0.1, 0.15) is 0 Å². The largest absolute Gasteiger partial charge is 0.324 e. The number of aromatic nitrogens is 1. The first kappa shape index (κ1) is 11.8. The summed E-state index contributed by atoms with van der Waals surface area (Å²) in [4.78, 5) is 4.35. The minimum absolute atomic E-state index is 0.00958. The molecule has 0 aliphatic heterocycles. The molecule has 1 atom stereocenters. The molecule has 1 aromatic heterocycles. The lowest BCUT2D eigenvalue weighted by Gasteiger charge is -2.15. The second kappa shape index (κ2) is 5.11. The number of hydrogen-bond donors (Lipinski definition) is 1. The summed E-state index contributed by atoms with van der Waals surface area (Å²) in [5.41, 5.74) is 9.60. The van der Waals surface area contributed by atoms with Gasteiger partial charge >= 0.3 is 0 Å². The molecule has 0 bridgehead atoms. The fourth-order valence-electron chi connectivity index (χ4n) is 2.02. The number of benzene rings is 1. The predicted octanol–water partition coefficient (Wildman–Crippen LogP) is 3.59. The van der Waals surface area contributed by atoms with Gasteiger partial charge < -0.3 is 5.73 Å². The Morgan fingerprint density at radius 3 is 2.94 bits per heavy atom. The quantitative estimate of drug-likeness (QED) is 0.809. The highest BCUT2D eigenvalue weighted by Crippen LogP contribution is 2.25. The molecule has 2 aromatic rings. The normalized spacial score (nSPS) is 12.6. The van der Waals surface area contributed by atoms with Crippen LogP contribution in [0.5, 0.6) is 0 Å². The van der Waals surface area contributed by atoms with Crippen LogP contribution in [0.4, 0.5) is 0 Å². The van der Waals surface area contributed by atoms with Crippen LogP contribution in [-0.2, 0) is 0 Å². The highest BCUT2D eigenvalue weighted by molar-refractivity contribution is 5.82. The van der Waals surface area contributed by atoms with Gasteiger partial charge in [-0.2, -0.15) is 0 Å². The number of nitrogens with zero attached hydrogens (tertiary/aromatic N) is 1. The van der Waals surface area contributed by atoms with Crippen LogP contribution < -0.4 is 5.73 Å². The van der Waals surface area contributed by atoms with Gasteiger partial charge in [-0.15, -0.1) is 0 Å². The zero-order chi connectivity index (χ0) is 12.3. The Bertz CT molecular complexity index is 526. The average Bonchev–Trinajstić information content (AvgIpc) is 2.37. The Hall–Kier alpha value is -1.67. The SMILES string of the molecule is C=C(CC)CC(N)c1cccc2ncccc12. The fourth-order valence-corrected chi connectivity index (χ4v) is 2.02. The van der Waals surface area contributed by atoms with E-state index in [1.54, 1.807) is 0 Å². The van der Waals surface area contributed by atoms with Gasteiger partial charge in [0.05, 0.1) is 5.52 Å². The van der Waals surface area contributed by atoms with Crippen LogP contribution >= 0.6 is 0 Å². The molecular formula is C15H18N2. The minimum Gasteiger partial charge on any atom is -0.324 e. The molecule has 0 saturated carbocycles. The van der Waals surface area contributed by atoms with Gasteiger partial charge in [-0.3, -0.25) is 4.98 Å². The van der Waals surface area contributed by atoms with Crippen LogP contribution in [-0.4, -0.2) is 4.98 Å². The van der Waals surface area contributed by atoms with Crippen LogP contribution in [0.25, 0.3) is 10.9 Å². The van der Waals surface area contributed by atoms with Crippen molar-refractivity contribution in [3.05, 3.63) is 54.2 Å². The first-order valence-corrected chi connectivity index (χ1v) is 5.98. The Balaban J connectivity index is 2.38. The predicted molar refractivity (Wildman–Crippen MR) is 72.7 cm³/mol. The van der Waals surface area contributed by atoms with Crippen molar-refractivity contribution >= 4 is 10.9 Å². The van der Waals surface area contributed by atoms with Gasteiger partial charge in [-0.1, -0.05) is 37.3 Å². The third-order valence-corrected chi connectivity index (χ3v) is 3.09. The maximum Gasteiger partial charge on any atom is 0.0705 e. The maximum absolute atomic E-state index is 6.25. The average molecular weight is 226 g/mol. The molecule has 2 heteroatoms. The van der Waals surface area contributed by atoms with Gasteiger partial charge in [0.15, 0.2) is 0 Å². The summed E-state index contributed by atoms with van der Waals surface area (Å²) in [6.45, 7) is 6.13. The molecule has 17 heavy (non-hydrogen) atoms. The Morgan fingerprint density at radius 1 is 1.35 bits per heavy atom. The topological polar surface area (TPSA) is 38.9 Å². The van der Waals surface area contributed by atoms with Crippen LogP contribution in [0.1, 0.15) is 31.4 Å². The molecule has 1 aromatic carbocycles. The summed E-state index contributed by atoms with van der Waals surface area (Å²) in [6, 6.07) is 10.1. The van der Waals surface area contributed by atoms with Crippen molar-refractivity contribution in [2.24, 2.45) is 5.73 Å². The zero-order valence-electron chi connectivity index (χ0n) is 10.2. The van der Waals surface area contributed by atoms with Crippen LogP contribution in [0, 0.1) is 0 Å². The molecule has 0 radical (unpaired) electrons. The molecule has 0 aliphatic rings. The summed E-state index contributed by atoms with van der Waals surface area (Å²) < 4.78 is 0. The first-order valence-electron chi connectivity index (χ1n) is 5.98. The number of pyridine rings is 1. The molecule has 1 unspecified atom stereocenters. The van der Waals surface area contributed by atoms with Crippen molar-refractivity contribution in [1.82, 2.24) is 4.98 Å². The van der Waals surface area contributed by atoms with E-state index in [1.165, 1.54) is 5.57 Å². The second-order valence-corrected chi connectivity index (χ2v) is 4.33. The molecule has 0 amide bonds. The minimum atomic E-state index is 0.00958. The van der Waals surface area contributed by atoms with Gasteiger partial charge in [-0.05, 0) is 30.5 Å². The first-order chi connectivity index (χ1) is 8.22. The molecule has 0 aliphatic carbocycles. The van der Waals surface area contributed by atoms with E-state index >= 15 is 0 Å². The number of fused-ring (bicyclic) bond motifs is 1. The van der Waals surface area contributed by atoms with Crippen molar-refractivity contribution in [3.63, 3.8) is 0 Å². The molecule has 2 nitrogen and oxygen atoms in total. The summed E-state index contributed by atoms with van der Waals surface area (Å²) in [5, 5.41) is 1.14. The number of rotatable bonds is 4. The lowest BCUT2D eigenvalue weighted by molar-refractivity contribution is 0.706. The number of nitrogens with two attached hydrogens (primary N) is 1. The van der Waals surface area contributed by atoms with Gasteiger partial charge in [0, 0.05) is 17.6 Å². The zero-order valence-corrected chi connectivity index (χ0v) is 10.2. The Labute approximate surface area is 102 Å². The van der Waals surface area contributed by atoms with E-state index in [0.717, 1.165) is 29.3 Å². The van der Waals surface area contributed by atoms with E-state index in [9.17, 15) is 0 Å². The maximum atomic E-state index is 6.25. The fraction of sp³-hybridized carbons (Fsp3) is 0.267. The van der Waals surface area contributed by atoms with Crippen molar-refractivity contribution < 1.29 is 0 Å². The van der Waals surface area contributed by atoms with Gasteiger partial charge in [-0.25, -0.2) is 0 Å². The van der Waals surface area contributed by atoms with Crippen LogP contribution in [0.15, 0.2) is 48.7 Å². The van der Waals surface area contributed by atoms with Crippen LogP contribution in [0.3, 0.4) is 0 Å². The third-order valence-electron chi connectivity index (χ3n) is 3.09. The molecule has 2 rings (SSSR count). The second-order valence-electron chi connectivity index (χ2n) is 4.33. The van der Waals surface area contributed by atoms with E-state index in [-0.39, 0.29) is 6.04 Å². The van der Waals surface area contributed by atoms with E-state index in [0.29, 0.717) is 0 Å². The van der Waals surface area contributed by atoms with Crippen LogP contribution in [0.2, 0.25) is 0 Å². The molecule has 0 saturated heterocycles. The highest BCUT2D eigenvalue weighted by atomic mass is 14.7. The molecule has 0 fully saturated rings. The van der Waals surface area contributed by atoms with E-state index < -0.39 is 0 Å². The Morgan fingerprint density at radius 2 is 2.18 bits per heavy atom. The lowest BCUT2D eigenvalue weighted by atomic mass is 9.96.